The van der Waals surface area contributed by atoms with Gasteiger partial charge in [-0.15, -0.1) is 0 Å². The molecule has 0 spiro atoms. The maximum atomic E-state index is 12.4. The lowest BCUT2D eigenvalue weighted by Gasteiger charge is -2.22. The predicted octanol–water partition coefficient (Wildman–Crippen LogP) is 1.47. The van der Waals surface area contributed by atoms with Crippen LogP contribution in [0, 0.1) is 0 Å². The van der Waals surface area contributed by atoms with Gasteiger partial charge in [-0.05, 0) is 37.1 Å². The van der Waals surface area contributed by atoms with Crippen LogP contribution >= 0.6 is 0 Å². The Kier molecular flexibility index (Phi) is 4.04. The van der Waals surface area contributed by atoms with Crippen molar-refractivity contribution in [3.63, 3.8) is 0 Å². The third-order valence-corrected chi connectivity index (χ3v) is 3.32. The van der Waals surface area contributed by atoms with Crippen molar-refractivity contribution in [3.05, 3.63) is 29.8 Å². The van der Waals surface area contributed by atoms with E-state index >= 15 is 0 Å². The molecular weight excluding hydrogens is 246 g/mol. The number of carbonyl (C=O) groups excluding carboxylic acids is 2. The van der Waals surface area contributed by atoms with Crippen LogP contribution < -0.4 is 4.74 Å². The van der Waals surface area contributed by atoms with E-state index in [4.69, 9.17) is 9.47 Å². The number of nitrogens with zero attached hydrogens (tertiary/aromatic N) is 1. The van der Waals surface area contributed by atoms with Gasteiger partial charge in [-0.2, -0.15) is 0 Å². The summed E-state index contributed by atoms with van der Waals surface area (Å²) in [5.41, 5.74) is 0.552. The van der Waals surface area contributed by atoms with E-state index in [1.54, 1.807) is 36.3 Å². The minimum atomic E-state index is -0.459. The van der Waals surface area contributed by atoms with Crippen LogP contribution in [0.15, 0.2) is 24.3 Å². The largest absolute Gasteiger partial charge is 0.497 e. The Balaban J connectivity index is 2.15. The number of ether oxygens (including phenoxy) is 2. The van der Waals surface area contributed by atoms with E-state index in [1.807, 2.05) is 0 Å². The second kappa shape index (κ2) is 5.73. The summed E-state index contributed by atoms with van der Waals surface area (Å²) < 4.78 is 9.79. The molecule has 0 N–H and O–H groups in total. The highest BCUT2D eigenvalue weighted by Crippen LogP contribution is 2.22. The average molecular weight is 263 g/mol. The molecule has 1 aromatic rings. The lowest BCUT2D eigenvalue weighted by Crippen LogP contribution is -2.41. The Hall–Kier alpha value is -2.04. The summed E-state index contributed by atoms with van der Waals surface area (Å²) in [6.07, 6.45) is 1.48. The molecule has 1 heterocycles. The molecule has 0 radical (unpaired) electrons. The van der Waals surface area contributed by atoms with Crippen LogP contribution in [-0.4, -0.2) is 43.6 Å². The summed E-state index contributed by atoms with van der Waals surface area (Å²) in [6.45, 7) is 0.588. The fourth-order valence-corrected chi connectivity index (χ4v) is 2.29. The van der Waals surface area contributed by atoms with Gasteiger partial charge in [0.2, 0.25) is 0 Å². The van der Waals surface area contributed by atoms with Gasteiger partial charge in [-0.3, -0.25) is 4.79 Å². The third kappa shape index (κ3) is 2.70. The van der Waals surface area contributed by atoms with Gasteiger partial charge in [0.25, 0.3) is 5.91 Å². The second-order valence-corrected chi connectivity index (χ2v) is 4.41. The van der Waals surface area contributed by atoms with Crippen molar-refractivity contribution < 1.29 is 19.1 Å². The van der Waals surface area contributed by atoms with Crippen molar-refractivity contribution in [2.75, 3.05) is 20.8 Å². The van der Waals surface area contributed by atoms with Crippen LogP contribution in [0.2, 0.25) is 0 Å². The molecule has 19 heavy (non-hydrogen) atoms. The number of benzene rings is 1. The van der Waals surface area contributed by atoms with E-state index in [-0.39, 0.29) is 11.9 Å². The van der Waals surface area contributed by atoms with Crippen molar-refractivity contribution in [2.45, 2.75) is 18.9 Å². The van der Waals surface area contributed by atoms with E-state index in [1.165, 1.54) is 7.11 Å². The number of likely N-dealkylation sites (tertiary alicyclic amines) is 1. The zero-order valence-electron chi connectivity index (χ0n) is 11.1. The van der Waals surface area contributed by atoms with E-state index in [0.717, 1.165) is 6.42 Å². The van der Waals surface area contributed by atoms with Gasteiger partial charge < -0.3 is 14.4 Å². The first-order chi connectivity index (χ1) is 9.17. The standard InChI is InChI=1S/C14H17NO4/c1-18-11-7-5-10(6-8-11)13(16)15-9-3-4-12(15)14(17)19-2/h5-8,12H,3-4,9H2,1-2H3/t12-/m0/s1. The van der Waals surface area contributed by atoms with Gasteiger partial charge in [0.05, 0.1) is 14.2 Å². The smallest absolute Gasteiger partial charge is 0.328 e. The minimum Gasteiger partial charge on any atom is -0.497 e. The Bertz CT molecular complexity index is 469. The number of methoxy groups -OCH3 is 2. The van der Waals surface area contributed by atoms with Crippen LogP contribution in [0.25, 0.3) is 0 Å². The molecule has 0 aromatic heterocycles. The number of hydrogen-bond acceptors (Lipinski definition) is 4. The summed E-state index contributed by atoms with van der Waals surface area (Å²) in [7, 11) is 2.92. The van der Waals surface area contributed by atoms with E-state index in [9.17, 15) is 9.59 Å². The first kappa shape index (κ1) is 13.4. The van der Waals surface area contributed by atoms with Gasteiger partial charge in [0, 0.05) is 12.1 Å². The Morgan fingerprint density at radius 3 is 2.47 bits per heavy atom. The number of hydrogen-bond donors (Lipinski definition) is 0. The highest BCUT2D eigenvalue weighted by Gasteiger charge is 2.35. The maximum absolute atomic E-state index is 12.4. The minimum absolute atomic E-state index is 0.143. The van der Waals surface area contributed by atoms with E-state index in [0.29, 0.717) is 24.3 Å². The summed E-state index contributed by atoms with van der Waals surface area (Å²) in [5, 5.41) is 0. The van der Waals surface area contributed by atoms with Crippen molar-refractivity contribution >= 4 is 11.9 Å². The molecule has 1 saturated heterocycles. The zero-order valence-corrected chi connectivity index (χ0v) is 11.1. The van der Waals surface area contributed by atoms with Crippen LogP contribution in [0.3, 0.4) is 0 Å². The van der Waals surface area contributed by atoms with E-state index < -0.39 is 6.04 Å². The van der Waals surface area contributed by atoms with Crippen molar-refractivity contribution in [2.24, 2.45) is 0 Å². The van der Waals surface area contributed by atoms with Gasteiger partial charge in [0.15, 0.2) is 0 Å². The van der Waals surface area contributed by atoms with Crippen molar-refractivity contribution in [1.82, 2.24) is 4.90 Å². The van der Waals surface area contributed by atoms with Crippen LogP contribution in [-0.2, 0) is 9.53 Å². The summed E-state index contributed by atoms with van der Waals surface area (Å²) in [4.78, 5) is 25.6. The molecule has 0 saturated carbocycles. The highest BCUT2D eigenvalue weighted by molar-refractivity contribution is 5.97. The highest BCUT2D eigenvalue weighted by atomic mass is 16.5. The molecular formula is C14H17NO4. The molecule has 1 aromatic carbocycles. The van der Waals surface area contributed by atoms with Crippen molar-refractivity contribution in [3.8, 4) is 5.75 Å². The maximum Gasteiger partial charge on any atom is 0.328 e. The second-order valence-electron chi connectivity index (χ2n) is 4.41. The first-order valence-corrected chi connectivity index (χ1v) is 6.20. The first-order valence-electron chi connectivity index (χ1n) is 6.20. The normalized spacial score (nSPS) is 18.2. The molecule has 1 aliphatic rings. The molecule has 0 unspecified atom stereocenters. The molecule has 1 aliphatic heterocycles. The Morgan fingerprint density at radius 2 is 1.89 bits per heavy atom. The monoisotopic (exact) mass is 263 g/mol. The summed E-state index contributed by atoms with van der Waals surface area (Å²) >= 11 is 0. The summed E-state index contributed by atoms with van der Waals surface area (Å²) in [6, 6.07) is 6.41. The zero-order chi connectivity index (χ0) is 13.8. The molecule has 0 aliphatic carbocycles. The molecule has 1 atom stereocenters. The molecule has 2 rings (SSSR count). The lowest BCUT2D eigenvalue weighted by atomic mass is 10.1. The molecule has 5 nitrogen and oxygen atoms in total. The van der Waals surface area contributed by atoms with Gasteiger partial charge in [-0.1, -0.05) is 0 Å². The molecule has 102 valence electrons. The van der Waals surface area contributed by atoms with E-state index in [2.05, 4.69) is 0 Å². The number of esters is 1. The van der Waals surface area contributed by atoms with Crippen LogP contribution in [0.5, 0.6) is 5.75 Å². The quantitative estimate of drug-likeness (QED) is 0.775. The van der Waals surface area contributed by atoms with Gasteiger partial charge in [0.1, 0.15) is 11.8 Å². The van der Waals surface area contributed by atoms with Crippen LogP contribution in [0.4, 0.5) is 0 Å². The van der Waals surface area contributed by atoms with Crippen LogP contribution in [0.1, 0.15) is 23.2 Å². The number of rotatable bonds is 3. The Labute approximate surface area is 112 Å². The SMILES string of the molecule is COC(=O)[C@@H]1CCCN1C(=O)c1ccc(OC)cc1. The molecule has 5 heteroatoms. The number of carbonyl (C=O) groups is 2. The molecule has 1 fully saturated rings. The fourth-order valence-electron chi connectivity index (χ4n) is 2.29. The third-order valence-electron chi connectivity index (χ3n) is 3.32. The topological polar surface area (TPSA) is 55.8 Å². The predicted molar refractivity (Wildman–Crippen MR) is 69.1 cm³/mol. The average Bonchev–Trinajstić information content (AvgIpc) is 2.95. The molecule has 1 amide bonds. The van der Waals surface area contributed by atoms with Gasteiger partial charge >= 0.3 is 5.97 Å². The van der Waals surface area contributed by atoms with Crippen molar-refractivity contribution in [1.29, 1.82) is 0 Å². The lowest BCUT2D eigenvalue weighted by molar-refractivity contribution is -0.145. The molecule has 0 bridgehead atoms. The summed E-state index contributed by atoms with van der Waals surface area (Å²) in [5.74, 6) is 0.206. The fraction of sp³-hybridized carbons (Fsp3) is 0.429. The number of amides is 1. The van der Waals surface area contributed by atoms with Gasteiger partial charge in [-0.25, -0.2) is 4.79 Å². The Morgan fingerprint density at radius 1 is 1.21 bits per heavy atom.